The first kappa shape index (κ1) is 14.5. The average Bonchev–Trinajstić information content (AvgIpc) is 2.52. The molecule has 0 spiro atoms. The summed E-state index contributed by atoms with van der Waals surface area (Å²) in [7, 11) is 1.32. The number of hydrogen-bond acceptors (Lipinski definition) is 4. The van der Waals surface area contributed by atoms with Crippen molar-refractivity contribution in [2.75, 3.05) is 7.11 Å². The van der Waals surface area contributed by atoms with E-state index in [2.05, 4.69) is 4.74 Å². The number of para-hydroxylation sites is 1. The Hall–Kier alpha value is -2.95. The van der Waals surface area contributed by atoms with Crippen molar-refractivity contribution in [1.29, 1.82) is 0 Å². The van der Waals surface area contributed by atoms with Gasteiger partial charge in [-0.15, -0.1) is 0 Å². The fourth-order valence-corrected chi connectivity index (χ4v) is 1.83. The van der Waals surface area contributed by atoms with Crippen LogP contribution < -0.4 is 0 Å². The maximum absolute atomic E-state index is 11.3. The monoisotopic (exact) mass is 283 g/mol. The van der Waals surface area contributed by atoms with Crippen LogP contribution in [0.5, 0.6) is 0 Å². The summed E-state index contributed by atoms with van der Waals surface area (Å²) in [6.45, 7) is 0. The van der Waals surface area contributed by atoms with Gasteiger partial charge in [-0.05, 0) is 29.8 Å². The molecule has 0 aliphatic rings. The van der Waals surface area contributed by atoms with Crippen molar-refractivity contribution in [3.63, 3.8) is 0 Å². The lowest BCUT2D eigenvalue weighted by molar-refractivity contribution is -0.385. The molecule has 0 aromatic heterocycles. The predicted molar refractivity (Wildman–Crippen MR) is 79.8 cm³/mol. The Bertz CT molecular complexity index is 690. The highest BCUT2D eigenvalue weighted by molar-refractivity contribution is 5.89. The Kier molecular flexibility index (Phi) is 4.46. The Balaban J connectivity index is 2.22. The zero-order valence-corrected chi connectivity index (χ0v) is 11.4. The first-order valence-electron chi connectivity index (χ1n) is 6.21. The van der Waals surface area contributed by atoms with Crippen molar-refractivity contribution in [2.24, 2.45) is 0 Å². The number of nitrogens with zero attached hydrogens (tertiary/aromatic N) is 1. The number of nitro groups is 1. The number of esters is 1. The van der Waals surface area contributed by atoms with Gasteiger partial charge in [-0.2, -0.15) is 0 Å². The first-order chi connectivity index (χ1) is 10.1. The standard InChI is InChI=1S/C16H13NO4/c1-21-16(18)14-10-7-12(8-11-14)6-9-13-4-2-3-5-15(13)17(19)20/h2-11H,1H3. The summed E-state index contributed by atoms with van der Waals surface area (Å²) in [5.74, 6) is -0.399. The van der Waals surface area contributed by atoms with Gasteiger partial charge in [-0.1, -0.05) is 30.3 Å². The molecular weight excluding hydrogens is 270 g/mol. The molecular formula is C16H13NO4. The maximum Gasteiger partial charge on any atom is 0.337 e. The Labute approximate surface area is 121 Å². The van der Waals surface area contributed by atoms with Crippen molar-refractivity contribution in [3.05, 3.63) is 75.3 Å². The van der Waals surface area contributed by atoms with Crippen LogP contribution in [0.25, 0.3) is 12.2 Å². The van der Waals surface area contributed by atoms with Crippen LogP contribution in [0.15, 0.2) is 48.5 Å². The van der Waals surface area contributed by atoms with Crippen LogP contribution in [-0.2, 0) is 4.74 Å². The molecule has 2 aromatic rings. The van der Waals surface area contributed by atoms with E-state index in [0.717, 1.165) is 5.56 Å². The van der Waals surface area contributed by atoms with Gasteiger partial charge in [0.2, 0.25) is 0 Å². The van der Waals surface area contributed by atoms with E-state index in [9.17, 15) is 14.9 Å². The highest BCUT2D eigenvalue weighted by Crippen LogP contribution is 2.20. The zero-order valence-electron chi connectivity index (χ0n) is 11.4. The third kappa shape index (κ3) is 3.54. The van der Waals surface area contributed by atoms with Gasteiger partial charge in [0.1, 0.15) is 0 Å². The quantitative estimate of drug-likeness (QED) is 0.372. The lowest BCUT2D eigenvalue weighted by Gasteiger charge is -2.00. The van der Waals surface area contributed by atoms with E-state index < -0.39 is 10.9 Å². The van der Waals surface area contributed by atoms with Gasteiger partial charge in [-0.3, -0.25) is 10.1 Å². The van der Waals surface area contributed by atoms with Gasteiger partial charge in [-0.25, -0.2) is 4.79 Å². The second-order valence-corrected chi connectivity index (χ2v) is 4.26. The van der Waals surface area contributed by atoms with E-state index in [0.29, 0.717) is 11.1 Å². The molecule has 0 atom stereocenters. The molecule has 0 N–H and O–H groups in total. The van der Waals surface area contributed by atoms with E-state index in [1.165, 1.54) is 13.2 Å². The van der Waals surface area contributed by atoms with E-state index in [-0.39, 0.29) is 5.69 Å². The SMILES string of the molecule is COC(=O)c1ccc(C=Cc2ccccc2[N+](=O)[O-])cc1. The molecule has 0 bridgehead atoms. The fourth-order valence-electron chi connectivity index (χ4n) is 1.83. The average molecular weight is 283 g/mol. The fraction of sp³-hybridized carbons (Fsp3) is 0.0625. The number of ether oxygens (including phenoxy) is 1. The van der Waals surface area contributed by atoms with Gasteiger partial charge >= 0.3 is 5.97 Å². The summed E-state index contributed by atoms with van der Waals surface area (Å²) in [5.41, 5.74) is 1.88. The summed E-state index contributed by atoms with van der Waals surface area (Å²) in [5, 5.41) is 10.9. The number of carbonyl (C=O) groups is 1. The molecule has 5 heteroatoms. The minimum atomic E-state index is -0.417. The summed E-state index contributed by atoms with van der Waals surface area (Å²) in [4.78, 5) is 21.8. The molecule has 0 heterocycles. The topological polar surface area (TPSA) is 69.4 Å². The van der Waals surface area contributed by atoms with Crippen molar-refractivity contribution in [2.45, 2.75) is 0 Å². The number of benzene rings is 2. The Morgan fingerprint density at radius 3 is 2.38 bits per heavy atom. The number of rotatable bonds is 4. The van der Waals surface area contributed by atoms with Crippen molar-refractivity contribution < 1.29 is 14.5 Å². The molecule has 0 aliphatic carbocycles. The van der Waals surface area contributed by atoms with Gasteiger partial charge in [0.05, 0.1) is 23.2 Å². The van der Waals surface area contributed by atoms with E-state index in [4.69, 9.17) is 0 Å². The van der Waals surface area contributed by atoms with Crippen LogP contribution in [0.2, 0.25) is 0 Å². The highest BCUT2D eigenvalue weighted by Gasteiger charge is 2.09. The molecule has 0 fully saturated rings. The molecule has 0 saturated carbocycles. The van der Waals surface area contributed by atoms with Gasteiger partial charge in [0, 0.05) is 6.07 Å². The van der Waals surface area contributed by atoms with Crippen LogP contribution in [0.1, 0.15) is 21.5 Å². The van der Waals surface area contributed by atoms with Crippen LogP contribution in [0.3, 0.4) is 0 Å². The van der Waals surface area contributed by atoms with E-state index in [1.807, 2.05) is 0 Å². The molecule has 5 nitrogen and oxygen atoms in total. The summed E-state index contributed by atoms with van der Waals surface area (Å²) >= 11 is 0. The van der Waals surface area contributed by atoms with Gasteiger partial charge in [0.15, 0.2) is 0 Å². The number of methoxy groups -OCH3 is 1. The van der Waals surface area contributed by atoms with Gasteiger partial charge < -0.3 is 4.74 Å². The molecule has 0 saturated heterocycles. The predicted octanol–water partition coefficient (Wildman–Crippen LogP) is 3.55. The van der Waals surface area contributed by atoms with Crippen LogP contribution in [-0.4, -0.2) is 18.0 Å². The normalized spacial score (nSPS) is 10.5. The number of carbonyl (C=O) groups excluding carboxylic acids is 1. The minimum Gasteiger partial charge on any atom is -0.465 e. The second-order valence-electron chi connectivity index (χ2n) is 4.26. The molecule has 2 rings (SSSR count). The van der Waals surface area contributed by atoms with E-state index in [1.54, 1.807) is 54.6 Å². The first-order valence-corrected chi connectivity index (χ1v) is 6.21. The van der Waals surface area contributed by atoms with Crippen molar-refractivity contribution in [3.8, 4) is 0 Å². The molecule has 0 aliphatic heterocycles. The molecule has 106 valence electrons. The number of nitro benzene ring substituents is 1. The second kappa shape index (κ2) is 6.47. The Morgan fingerprint density at radius 1 is 1.10 bits per heavy atom. The summed E-state index contributed by atoms with van der Waals surface area (Å²) in [6.07, 6.45) is 3.43. The lowest BCUT2D eigenvalue weighted by atomic mass is 10.1. The van der Waals surface area contributed by atoms with Crippen LogP contribution in [0, 0.1) is 10.1 Å². The maximum atomic E-state index is 11.3. The molecule has 0 amide bonds. The molecule has 0 unspecified atom stereocenters. The summed E-state index contributed by atoms with van der Waals surface area (Å²) < 4.78 is 4.62. The van der Waals surface area contributed by atoms with Crippen LogP contribution >= 0.6 is 0 Å². The smallest absolute Gasteiger partial charge is 0.337 e. The van der Waals surface area contributed by atoms with E-state index >= 15 is 0 Å². The third-order valence-corrected chi connectivity index (χ3v) is 2.92. The van der Waals surface area contributed by atoms with Crippen LogP contribution in [0.4, 0.5) is 5.69 Å². The van der Waals surface area contributed by atoms with Crippen molar-refractivity contribution in [1.82, 2.24) is 0 Å². The third-order valence-electron chi connectivity index (χ3n) is 2.92. The molecule has 2 aromatic carbocycles. The van der Waals surface area contributed by atoms with Crippen molar-refractivity contribution >= 4 is 23.8 Å². The van der Waals surface area contributed by atoms with Gasteiger partial charge in [0.25, 0.3) is 5.69 Å². The number of hydrogen-bond donors (Lipinski definition) is 0. The molecule has 21 heavy (non-hydrogen) atoms. The Morgan fingerprint density at radius 2 is 1.76 bits per heavy atom. The largest absolute Gasteiger partial charge is 0.465 e. The highest BCUT2D eigenvalue weighted by atomic mass is 16.6. The minimum absolute atomic E-state index is 0.0555. The lowest BCUT2D eigenvalue weighted by Crippen LogP contribution is -2.00. The molecule has 0 radical (unpaired) electrons. The summed E-state index contributed by atoms with van der Waals surface area (Å²) in [6, 6.07) is 13.3. The zero-order chi connectivity index (χ0) is 15.2.